The third-order valence-electron chi connectivity index (χ3n) is 4.86. The topological polar surface area (TPSA) is 17.1 Å². The lowest BCUT2D eigenvalue weighted by Gasteiger charge is -2.17. The lowest BCUT2D eigenvalue weighted by molar-refractivity contribution is -0.117. The highest BCUT2D eigenvalue weighted by Crippen LogP contribution is 2.27. The molecule has 0 saturated heterocycles. The first-order valence-electron chi connectivity index (χ1n) is 9.95. The van der Waals surface area contributed by atoms with Crippen molar-refractivity contribution in [3.8, 4) is 0 Å². The number of rotatable bonds is 12. The Morgan fingerprint density at radius 2 is 1.32 bits per heavy atom. The summed E-state index contributed by atoms with van der Waals surface area (Å²) >= 11 is -0.278. The zero-order chi connectivity index (χ0) is 17.7. The van der Waals surface area contributed by atoms with Crippen LogP contribution in [0.4, 0.5) is 0 Å². The first-order valence-corrected chi connectivity index (χ1v) is 12.0. The maximum absolute atomic E-state index is 13.0. The number of hydrogen-bond donors (Lipinski definition) is 0. The Morgan fingerprint density at radius 3 is 1.88 bits per heavy atom. The summed E-state index contributed by atoms with van der Waals surface area (Å²) in [6.07, 6.45) is 8.09. The van der Waals surface area contributed by atoms with Gasteiger partial charge in [-0.1, -0.05) is 111 Å². The van der Waals surface area contributed by atoms with Crippen LogP contribution in [0.15, 0.2) is 60.7 Å². The van der Waals surface area contributed by atoms with Crippen LogP contribution in [0.2, 0.25) is 10.6 Å². The molecule has 2 rings (SSSR count). The van der Waals surface area contributed by atoms with Crippen molar-refractivity contribution < 1.29 is 4.79 Å². The first-order chi connectivity index (χ1) is 12.3. The molecule has 0 radical (unpaired) electrons. The number of carbonyl (C=O) groups excluding carboxylic acids is 1. The van der Waals surface area contributed by atoms with Crippen LogP contribution in [0.25, 0.3) is 0 Å². The van der Waals surface area contributed by atoms with Crippen molar-refractivity contribution >= 4 is 21.0 Å². The third-order valence-corrected chi connectivity index (χ3v) is 6.71. The molecule has 1 nitrogen and oxygen atoms in total. The van der Waals surface area contributed by atoms with E-state index in [9.17, 15) is 4.79 Å². The molecule has 0 heterocycles. The van der Waals surface area contributed by atoms with Crippen molar-refractivity contribution in [3.63, 3.8) is 0 Å². The average Bonchev–Trinajstić information content (AvgIpc) is 2.66. The van der Waals surface area contributed by atoms with E-state index in [2.05, 4.69) is 31.2 Å². The predicted molar refractivity (Wildman–Crippen MR) is 110 cm³/mol. The van der Waals surface area contributed by atoms with Gasteiger partial charge in [0.05, 0.1) is 5.92 Å². The fraction of sp³-hybridized carbons (Fsp3) is 0.435. The van der Waals surface area contributed by atoms with E-state index in [0.717, 1.165) is 16.4 Å². The van der Waals surface area contributed by atoms with Crippen LogP contribution in [0.1, 0.15) is 62.5 Å². The van der Waals surface area contributed by atoms with Gasteiger partial charge in [0.15, 0.2) is 0 Å². The molecule has 0 aliphatic carbocycles. The molecule has 132 valence electrons. The summed E-state index contributed by atoms with van der Waals surface area (Å²) in [4.78, 5) is 13.0. The van der Waals surface area contributed by atoms with E-state index in [1.54, 1.807) is 0 Å². The maximum atomic E-state index is 13.0. The molecule has 0 saturated carbocycles. The predicted octanol–water partition coefficient (Wildman–Crippen LogP) is 6.02. The standard InChI is InChI=1S/C15H13O.C8H17.Al.H/c1-12(16)15(13-8-4-2-5-9-13)14-10-6-3-7-11-14;1-3-5-7-8-6-4-2;;/h2-11,15H,1H2;1,3-8H2,2H3;;. The van der Waals surface area contributed by atoms with Crippen LogP contribution < -0.4 is 0 Å². The van der Waals surface area contributed by atoms with Gasteiger partial charge in [-0.05, 0) is 16.4 Å². The Morgan fingerprint density at radius 1 is 0.800 bits per heavy atom. The van der Waals surface area contributed by atoms with Crippen LogP contribution in [-0.2, 0) is 4.79 Å². The summed E-state index contributed by atoms with van der Waals surface area (Å²) < 4.78 is 0. The molecule has 0 aliphatic rings. The van der Waals surface area contributed by atoms with Gasteiger partial charge in [-0.15, -0.1) is 0 Å². The van der Waals surface area contributed by atoms with E-state index in [1.165, 1.54) is 43.8 Å². The van der Waals surface area contributed by atoms with Crippen molar-refractivity contribution in [1.82, 2.24) is 0 Å². The number of unbranched alkanes of at least 4 members (excludes halogenated alkanes) is 5. The van der Waals surface area contributed by atoms with Gasteiger partial charge in [0.2, 0.25) is 15.2 Å². The summed E-state index contributed by atoms with van der Waals surface area (Å²) in [6, 6.07) is 20.5. The van der Waals surface area contributed by atoms with Crippen molar-refractivity contribution in [1.29, 1.82) is 0 Å². The first kappa shape index (κ1) is 20.0. The average molecular weight is 350 g/mol. The molecule has 0 aromatic heterocycles. The van der Waals surface area contributed by atoms with Gasteiger partial charge in [0, 0.05) is 0 Å². The molecule has 2 aromatic rings. The summed E-state index contributed by atoms with van der Waals surface area (Å²) in [5.41, 5.74) is 2.26. The number of hydrogen-bond acceptors (Lipinski definition) is 1. The van der Waals surface area contributed by atoms with E-state index < -0.39 is 0 Å². The minimum Gasteiger partial charge on any atom is -0.300 e. The molecular weight excluding hydrogens is 319 g/mol. The van der Waals surface area contributed by atoms with Gasteiger partial charge in [-0.25, -0.2) is 0 Å². The second-order valence-corrected chi connectivity index (χ2v) is 8.86. The molecule has 0 amide bonds. The number of benzene rings is 2. The van der Waals surface area contributed by atoms with Gasteiger partial charge >= 0.3 is 0 Å². The van der Waals surface area contributed by atoms with Crippen molar-refractivity contribution in [2.75, 3.05) is 0 Å². The van der Waals surface area contributed by atoms with Crippen LogP contribution >= 0.6 is 0 Å². The van der Waals surface area contributed by atoms with Gasteiger partial charge in [0.1, 0.15) is 5.78 Å². The highest BCUT2D eigenvalue weighted by molar-refractivity contribution is 6.41. The molecular formula is C23H31AlO. The van der Waals surface area contributed by atoms with Crippen LogP contribution in [-0.4, -0.2) is 21.0 Å². The Hall–Kier alpha value is -1.36. The Bertz CT molecular complexity index is 555. The van der Waals surface area contributed by atoms with Gasteiger partial charge in [-0.2, -0.15) is 0 Å². The molecule has 0 aliphatic heterocycles. The molecule has 0 fully saturated rings. The minimum atomic E-state index is -0.278. The summed E-state index contributed by atoms with van der Waals surface area (Å²) in [6.45, 7) is 2.26. The van der Waals surface area contributed by atoms with Crippen LogP contribution in [0.5, 0.6) is 0 Å². The second kappa shape index (κ2) is 12.1. The van der Waals surface area contributed by atoms with Crippen LogP contribution in [0.3, 0.4) is 0 Å². The summed E-state index contributed by atoms with van der Waals surface area (Å²) in [5, 5.41) is 2.14. The highest BCUT2D eigenvalue weighted by atomic mass is 27.1. The van der Waals surface area contributed by atoms with E-state index >= 15 is 0 Å². The monoisotopic (exact) mass is 350 g/mol. The largest absolute Gasteiger partial charge is 0.300 e. The number of ketones is 1. The second-order valence-electron chi connectivity index (χ2n) is 6.95. The third kappa shape index (κ3) is 7.19. The van der Waals surface area contributed by atoms with Crippen molar-refractivity contribution in [2.45, 2.75) is 61.9 Å². The molecule has 0 bridgehead atoms. The highest BCUT2D eigenvalue weighted by Gasteiger charge is 2.21. The summed E-state index contributed by atoms with van der Waals surface area (Å²) in [7, 11) is 0. The maximum Gasteiger partial charge on any atom is 0.247 e. The molecule has 0 N–H and O–H groups in total. The normalized spacial score (nSPS) is 10.8. The molecule has 0 atom stereocenters. The van der Waals surface area contributed by atoms with E-state index in [1.807, 2.05) is 36.4 Å². The van der Waals surface area contributed by atoms with Gasteiger partial charge in [-0.3, -0.25) is 0 Å². The zero-order valence-electron chi connectivity index (χ0n) is 15.6. The number of Topliss-reactive ketones (excluding diaryl/α,β-unsaturated/α-hetero) is 1. The molecule has 0 unspecified atom stereocenters. The van der Waals surface area contributed by atoms with E-state index in [0.29, 0.717) is 5.78 Å². The minimum absolute atomic E-state index is 0.0838. The molecule has 2 heteroatoms. The summed E-state index contributed by atoms with van der Waals surface area (Å²) in [5.74, 6) is 0.328. The number of carbonyl (C=O) groups is 1. The van der Waals surface area contributed by atoms with Crippen molar-refractivity contribution in [3.05, 3.63) is 71.8 Å². The van der Waals surface area contributed by atoms with E-state index in [4.69, 9.17) is 0 Å². The van der Waals surface area contributed by atoms with Gasteiger partial charge in [0.25, 0.3) is 0 Å². The lowest BCUT2D eigenvalue weighted by atomic mass is 9.88. The Labute approximate surface area is 159 Å². The quantitative estimate of drug-likeness (QED) is 0.338. The van der Waals surface area contributed by atoms with E-state index in [-0.39, 0.29) is 21.1 Å². The van der Waals surface area contributed by atoms with Crippen LogP contribution in [0, 0.1) is 0 Å². The SMILES string of the molecule is CCCCCCC[CH2][AlH][CH2]C(=O)C(c1ccccc1)c1ccccc1. The molecule has 25 heavy (non-hydrogen) atoms. The Balaban J connectivity index is 1.85. The zero-order valence-corrected chi connectivity index (χ0v) is 17.0. The van der Waals surface area contributed by atoms with Crippen molar-refractivity contribution in [2.24, 2.45) is 0 Å². The van der Waals surface area contributed by atoms with Gasteiger partial charge < -0.3 is 4.79 Å². The molecule has 2 aromatic carbocycles. The lowest BCUT2D eigenvalue weighted by Crippen LogP contribution is -2.15. The molecule has 0 spiro atoms. The fourth-order valence-electron chi connectivity index (χ4n) is 3.43. The fourth-order valence-corrected chi connectivity index (χ4v) is 5.03. The Kier molecular flexibility index (Phi) is 9.64. The smallest absolute Gasteiger partial charge is 0.247 e.